The Hall–Kier alpha value is -0.160. The molecule has 138 valence electrons. The first-order valence-corrected chi connectivity index (χ1v) is 9.37. The van der Waals surface area contributed by atoms with Gasteiger partial charge in [0.1, 0.15) is 0 Å². The molecule has 0 N–H and O–H groups in total. The predicted molar refractivity (Wildman–Crippen MR) is 92.7 cm³/mol. The first-order valence-electron chi connectivity index (χ1n) is 9.37. The van der Waals surface area contributed by atoms with E-state index in [4.69, 9.17) is 19.6 Å². The second-order valence-electron chi connectivity index (χ2n) is 8.46. The van der Waals surface area contributed by atoms with E-state index in [0.717, 1.165) is 44.9 Å². The van der Waals surface area contributed by atoms with Gasteiger partial charge >= 0.3 is 0 Å². The Morgan fingerprint density at radius 3 is 1.78 bits per heavy atom. The minimum atomic E-state index is -0.784. The molecule has 0 aliphatic heterocycles. The molecule has 4 heteroatoms. The zero-order valence-electron chi connectivity index (χ0n) is 16.4. The summed E-state index contributed by atoms with van der Waals surface area (Å²) in [6, 6.07) is 0. The Balaban J connectivity index is 2.70. The molecule has 23 heavy (non-hydrogen) atoms. The number of hydrogen-bond donors (Lipinski definition) is 0. The molecule has 4 nitrogen and oxygen atoms in total. The summed E-state index contributed by atoms with van der Waals surface area (Å²) in [6.07, 6.45) is 7.88. The molecule has 0 amide bonds. The second-order valence-corrected chi connectivity index (χ2v) is 8.46. The SMILES string of the molecule is CCCC(C)(C)OOC1(OOC(C)(C)CCC)CCCC(C)C1. The standard InChI is InChI=1S/C19H38O4/c1-8-12-17(4,5)20-22-19(14-10-11-16(3)15-19)23-21-18(6,7)13-9-2/h16H,8-15H2,1-7H3. The van der Waals surface area contributed by atoms with Gasteiger partial charge in [0.05, 0.1) is 11.2 Å². The summed E-state index contributed by atoms with van der Waals surface area (Å²) >= 11 is 0. The van der Waals surface area contributed by atoms with Gasteiger partial charge in [-0.1, -0.05) is 40.0 Å². The topological polar surface area (TPSA) is 36.9 Å². The molecular weight excluding hydrogens is 292 g/mol. The van der Waals surface area contributed by atoms with Crippen LogP contribution in [0.1, 0.15) is 99.8 Å². The number of hydrogen-bond acceptors (Lipinski definition) is 4. The van der Waals surface area contributed by atoms with Crippen molar-refractivity contribution in [2.45, 2.75) is 117 Å². The van der Waals surface area contributed by atoms with Crippen LogP contribution in [-0.2, 0) is 19.6 Å². The maximum absolute atomic E-state index is 5.88. The van der Waals surface area contributed by atoms with E-state index in [9.17, 15) is 0 Å². The molecule has 0 heterocycles. The van der Waals surface area contributed by atoms with E-state index in [1.54, 1.807) is 0 Å². The third-order valence-electron chi connectivity index (χ3n) is 4.46. The van der Waals surface area contributed by atoms with Gasteiger partial charge in [-0.05, 0) is 52.9 Å². The first kappa shape index (κ1) is 20.9. The molecule has 0 aromatic rings. The molecule has 1 rings (SSSR count). The molecule has 0 aromatic heterocycles. The lowest BCUT2D eigenvalue weighted by molar-refractivity contribution is -0.549. The van der Waals surface area contributed by atoms with Crippen LogP contribution in [0.4, 0.5) is 0 Å². The minimum Gasteiger partial charge on any atom is -0.228 e. The van der Waals surface area contributed by atoms with E-state index in [1.807, 2.05) is 0 Å². The van der Waals surface area contributed by atoms with Crippen molar-refractivity contribution in [2.24, 2.45) is 5.92 Å². The quantitative estimate of drug-likeness (QED) is 0.282. The molecule has 1 aliphatic carbocycles. The highest BCUT2D eigenvalue weighted by Gasteiger charge is 2.42. The Morgan fingerprint density at radius 1 is 0.913 bits per heavy atom. The van der Waals surface area contributed by atoms with Crippen molar-refractivity contribution in [1.82, 2.24) is 0 Å². The normalized spacial score (nSPS) is 22.3. The Bertz CT molecular complexity index is 316. The van der Waals surface area contributed by atoms with E-state index in [0.29, 0.717) is 5.92 Å². The summed E-state index contributed by atoms with van der Waals surface area (Å²) in [5, 5.41) is 0. The van der Waals surface area contributed by atoms with E-state index in [2.05, 4.69) is 48.5 Å². The average Bonchev–Trinajstić information content (AvgIpc) is 2.44. The van der Waals surface area contributed by atoms with Crippen molar-refractivity contribution in [3.8, 4) is 0 Å². The average molecular weight is 331 g/mol. The van der Waals surface area contributed by atoms with Crippen LogP contribution in [0.5, 0.6) is 0 Å². The fourth-order valence-corrected chi connectivity index (χ4v) is 3.29. The smallest absolute Gasteiger partial charge is 0.228 e. The summed E-state index contributed by atoms with van der Waals surface area (Å²) in [6.45, 7) is 14.7. The van der Waals surface area contributed by atoms with Gasteiger partial charge in [-0.25, -0.2) is 9.78 Å². The minimum absolute atomic E-state index is 0.315. The lowest BCUT2D eigenvalue weighted by Gasteiger charge is -2.40. The highest BCUT2D eigenvalue weighted by atomic mass is 17.3. The van der Waals surface area contributed by atoms with Crippen molar-refractivity contribution in [3.05, 3.63) is 0 Å². The summed E-state index contributed by atoms with van der Waals surface area (Å²) in [5.74, 6) is -0.243. The van der Waals surface area contributed by atoms with Crippen LogP contribution in [0.25, 0.3) is 0 Å². The van der Waals surface area contributed by atoms with Crippen molar-refractivity contribution < 1.29 is 19.6 Å². The fourth-order valence-electron chi connectivity index (χ4n) is 3.29. The first-order chi connectivity index (χ1) is 10.6. The maximum Gasteiger partial charge on any atom is 0.234 e. The molecular formula is C19H38O4. The highest BCUT2D eigenvalue weighted by Crippen LogP contribution is 2.39. The van der Waals surface area contributed by atoms with E-state index < -0.39 is 5.79 Å². The monoisotopic (exact) mass is 330 g/mol. The highest BCUT2D eigenvalue weighted by molar-refractivity contribution is 4.78. The van der Waals surface area contributed by atoms with Gasteiger partial charge in [0, 0.05) is 12.8 Å². The van der Waals surface area contributed by atoms with Gasteiger partial charge in [0.2, 0.25) is 5.79 Å². The fraction of sp³-hybridized carbons (Fsp3) is 1.00. The van der Waals surface area contributed by atoms with E-state index >= 15 is 0 Å². The van der Waals surface area contributed by atoms with Crippen LogP contribution in [0.2, 0.25) is 0 Å². The molecule has 0 spiro atoms. The lowest BCUT2D eigenvalue weighted by atomic mass is 9.86. The van der Waals surface area contributed by atoms with Crippen molar-refractivity contribution >= 4 is 0 Å². The van der Waals surface area contributed by atoms with Gasteiger partial charge in [-0.3, -0.25) is 0 Å². The van der Waals surface area contributed by atoms with Gasteiger partial charge in [-0.2, -0.15) is 9.78 Å². The van der Waals surface area contributed by atoms with Gasteiger partial charge < -0.3 is 0 Å². The van der Waals surface area contributed by atoms with Crippen LogP contribution in [0.15, 0.2) is 0 Å². The Morgan fingerprint density at radius 2 is 1.39 bits per heavy atom. The van der Waals surface area contributed by atoms with Crippen LogP contribution in [-0.4, -0.2) is 17.0 Å². The van der Waals surface area contributed by atoms with Gasteiger partial charge in [0.15, 0.2) is 0 Å². The second kappa shape index (κ2) is 8.80. The van der Waals surface area contributed by atoms with Crippen LogP contribution < -0.4 is 0 Å². The molecule has 0 bridgehead atoms. The summed E-state index contributed by atoms with van der Waals surface area (Å²) < 4.78 is 0. The van der Waals surface area contributed by atoms with Crippen LogP contribution in [0, 0.1) is 5.92 Å². The van der Waals surface area contributed by atoms with Crippen molar-refractivity contribution in [1.29, 1.82) is 0 Å². The molecule has 1 fully saturated rings. The summed E-state index contributed by atoms with van der Waals surface area (Å²) in [7, 11) is 0. The third kappa shape index (κ3) is 7.51. The summed E-state index contributed by atoms with van der Waals surface area (Å²) in [4.78, 5) is 23.3. The zero-order chi connectivity index (χ0) is 17.6. The molecule has 0 aromatic carbocycles. The Kier molecular flexibility index (Phi) is 7.99. The molecule has 1 unspecified atom stereocenters. The maximum atomic E-state index is 5.88. The van der Waals surface area contributed by atoms with Crippen LogP contribution >= 0.6 is 0 Å². The molecule has 0 radical (unpaired) electrons. The van der Waals surface area contributed by atoms with Gasteiger partial charge in [0.25, 0.3) is 0 Å². The molecule has 1 atom stereocenters. The molecule has 0 saturated heterocycles. The van der Waals surface area contributed by atoms with Crippen LogP contribution in [0.3, 0.4) is 0 Å². The zero-order valence-corrected chi connectivity index (χ0v) is 16.4. The van der Waals surface area contributed by atoms with Crippen molar-refractivity contribution in [3.63, 3.8) is 0 Å². The lowest BCUT2D eigenvalue weighted by Crippen LogP contribution is -2.45. The van der Waals surface area contributed by atoms with E-state index in [1.165, 1.54) is 6.42 Å². The summed E-state index contributed by atoms with van der Waals surface area (Å²) in [5.41, 5.74) is -0.630. The largest absolute Gasteiger partial charge is 0.234 e. The van der Waals surface area contributed by atoms with E-state index in [-0.39, 0.29) is 11.2 Å². The predicted octanol–water partition coefficient (Wildman–Crippen LogP) is 5.95. The number of rotatable bonds is 10. The molecule has 1 aliphatic rings. The molecule has 1 saturated carbocycles. The third-order valence-corrected chi connectivity index (χ3v) is 4.46. The Labute approximate surface area is 143 Å². The van der Waals surface area contributed by atoms with Crippen molar-refractivity contribution in [2.75, 3.05) is 0 Å². The van der Waals surface area contributed by atoms with Gasteiger partial charge in [-0.15, -0.1) is 0 Å².